The molecule has 0 amide bonds. The number of nitrogens with zero attached hydrogens (tertiary/aromatic N) is 2. The molecule has 1 heterocycles. The van der Waals surface area contributed by atoms with E-state index in [4.69, 9.17) is 4.74 Å². The summed E-state index contributed by atoms with van der Waals surface area (Å²) in [6.45, 7) is 3.39. The Balaban J connectivity index is 1.91. The number of esters is 1. The van der Waals surface area contributed by atoms with Crippen molar-refractivity contribution in [3.8, 4) is 11.4 Å². The fourth-order valence-corrected chi connectivity index (χ4v) is 3.24. The third kappa shape index (κ3) is 9.50. The van der Waals surface area contributed by atoms with E-state index in [1.54, 1.807) is 6.92 Å². The summed E-state index contributed by atoms with van der Waals surface area (Å²) in [4.78, 5) is 20.4. The van der Waals surface area contributed by atoms with Crippen molar-refractivity contribution >= 4 is 5.97 Å². The van der Waals surface area contributed by atoms with E-state index in [9.17, 15) is 18.0 Å². The molecule has 1 unspecified atom stereocenters. The van der Waals surface area contributed by atoms with E-state index in [-0.39, 0.29) is 12.2 Å². The molecule has 2 rings (SSSR count). The summed E-state index contributed by atoms with van der Waals surface area (Å²) in [5, 5.41) is 0. The van der Waals surface area contributed by atoms with Gasteiger partial charge in [0, 0.05) is 24.6 Å². The van der Waals surface area contributed by atoms with Gasteiger partial charge in [-0.3, -0.25) is 0 Å². The number of unbranched alkanes of at least 4 members (excludes halogenated alkanes) is 5. The maximum atomic E-state index is 13.1. The van der Waals surface area contributed by atoms with Gasteiger partial charge in [-0.15, -0.1) is 0 Å². The average Bonchev–Trinajstić information content (AvgIpc) is 2.80. The molecule has 1 aromatic heterocycles. The van der Waals surface area contributed by atoms with Crippen LogP contribution in [0.3, 0.4) is 0 Å². The first kappa shape index (κ1) is 26.8. The number of benzene rings is 1. The number of alkyl halides is 3. The Morgan fingerprint density at radius 1 is 0.939 bits per heavy atom. The Morgan fingerprint density at radius 2 is 1.58 bits per heavy atom. The minimum absolute atomic E-state index is 0.150. The van der Waals surface area contributed by atoms with Gasteiger partial charge in [0.05, 0.1) is 12.2 Å². The van der Waals surface area contributed by atoms with Gasteiger partial charge in [0.2, 0.25) is 6.10 Å². The van der Waals surface area contributed by atoms with Crippen LogP contribution in [-0.4, -0.2) is 41.4 Å². The lowest BCUT2D eigenvalue weighted by Crippen LogP contribution is -2.38. The van der Waals surface area contributed by atoms with E-state index in [1.807, 2.05) is 24.3 Å². The Morgan fingerprint density at radius 3 is 2.18 bits per heavy atom. The van der Waals surface area contributed by atoms with Crippen LogP contribution in [0, 0.1) is 0 Å². The second-order valence-electron chi connectivity index (χ2n) is 8.02. The van der Waals surface area contributed by atoms with Gasteiger partial charge in [-0.1, -0.05) is 70.2 Å². The number of carbonyl (C=O) groups excluding carboxylic acids is 1. The van der Waals surface area contributed by atoms with E-state index in [0.29, 0.717) is 12.2 Å². The van der Waals surface area contributed by atoms with Crippen LogP contribution in [0.15, 0.2) is 36.7 Å². The second kappa shape index (κ2) is 13.9. The van der Waals surface area contributed by atoms with E-state index in [0.717, 1.165) is 18.4 Å². The highest BCUT2D eigenvalue weighted by atomic mass is 19.4. The van der Waals surface area contributed by atoms with Gasteiger partial charge < -0.3 is 9.47 Å². The van der Waals surface area contributed by atoms with E-state index >= 15 is 0 Å². The number of rotatable bonds is 14. The average molecular weight is 467 g/mol. The predicted octanol–water partition coefficient (Wildman–Crippen LogP) is 6.56. The highest BCUT2D eigenvalue weighted by molar-refractivity contribution is 5.89. The smallest absolute Gasteiger partial charge is 0.427 e. The molecule has 182 valence electrons. The maximum Gasteiger partial charge on any atom is 0.427 e. The quantitative estimate of drug-likeness (QED) is 0.233. The molecule has 0 saturated carbocycles. The van der Waals surface area contributed by atoms with Crippen LogP contribution in [0.5, 0.6) is 0 Å². The number of carbonyl (C=O) groups is 1. The molecule has 0 N–H and O–H groups in total. The highest BCUT2D eigenvalue weighted by Crippen LogP contribution is 2.24. The summed E-state index contributed by atoms with van der Waals surface area (Å²) in [7, 11) is 0. The molecule has 0 bridgehead atoms. The normalized spacial score (nSPS) is 12.5. The van der Waals surface area contributed by atoms with Crippen molar-refractivity contribution in [3.05, 3.63) is 47.8 Å². The molecule has 0 aliphatic rings. The third-order valence-electron chi connectivity index (χ3n) is 5.15. The number of halogens is 3. The summed E-state index contributed by atoms with van der Waals surface area (Å²) in [6, 6.07) is 7.86. The summed E-state index contributed by atoms with van der Waals surface area (Å²) in [6.07, 6.45) is 4.34. The minimum atomic E-state index is -4.72. The summed E-state index contributed by atoms with van der Waals surface area (Å²) < 4.78 is 48.8. The van der Waals surface area contributed by atoms with Gasteiger partial charge in [0.25, 0.3) is 0 Å². The van der Waals surface area contributed by atoms with Crippen molar-refractivity contribution in [2.24, 2.45) is 0 Å². The zero-order chi connectivity index (χ0) is 24.1. The third-order valence-corrected chi connectivity index (χ3v) is 5.15. The van der Waals surface area contributed by atoms with E-state index < -0.39 is 24.9 Å². The van der Waals surface area contributed by atoms with Crippen LogP contribution in [0.1, 0.15) is 74.7 Å². The molecule has 33 heavy (non-hydrogen) atoms. The molecule has 1 aromatic carbocycles. The zero-order valence-corrected chi connectivity index (χ0v) is 19.4. The monoisotopic (exact) mass is 466 g/mol. The van der Waals surface area contributed by atoms with Crippen LogP contribution in [0.2, 0.25) is 0 Å². The fraction of sp³-hybridized carbons (Fsp3) is 0.560. The first-order chi connectivity index (χ1) is 15.8. The largest absolute Gasteiger partial charge is 0.446 e. The summed E-state index contributed by atoms with van der Waals surface area (Å²) in [5.74, 6) is -0.755. The van der Waals surface area contributed by atoms with Gasteiger partial charge in [-0.25, -0.2) is 14.8 Å². The molecule has 2 aromatic rings. The molecule has 5 nitrogen and oxygen atoms in total. The van der Waals surface area contributed by atoms with E-state index in [1.165, 1.54) is 50.1 Å². The molecule has 0 saturated heterocycles. The summed E-state index contributed by atoms with van der Waals surface area (Å²) in [5.41, 5.74) is 1.85. The minimum Gasteiger partial charge on any atom is -0.446 e. The molecule has 8 heteroatoms. The number of hydrogen-bond donors (Lipinski definition) is 0. The summed E-state index contributed by atoms with van der Waals surface area (Å²) >= 11 is 0. The standard InChI is InChI=1S/C25H33F3N2O3/c1-3-5-6-7-8-9-10-19-11-13-20(14-12-19)23-29-16-21(17-30-23)24(31)33-22(25(26,27)28)18-32-15-4-2/h11-14,16-17,22H,3-10,15,18H2,1-2H3. The highest BCUT2D eigenvalue weighted by Gasteiger charge is 2.43. The molecule has 0 aliphatic heterocycles. The van der Waals surface area contributed by atoms with Crippen molar-refractivity contribution < 1.29 is 27.4 Å². The Kier molecular flexibility index (Phi) is 11.3. The topological polar surface area (TPSA) is 61.3 Å². The number of aromatic nitrogens is 2. The first-order valence-electron chi connectivity index (χ1n) is 11.6. The maximum absolute atomic E-state index is 13.1. The molecular formula is C25H33F3N2O3. The Hall–Kier alpha value is -2.48. The van der Waals surface area contributed by atoms with Crippen LogP contribution in [0.4, 0.5) is 13.2 Å². The molecular weight excluding hydrogens is 433 g/mol. The second-order valence-corrected chi connectivity index (χ2v) is 8.02. The number of aryl methyl sites for hydroxylation is 1. The Labute approximate surface area is 193 Å². The van der Waals surface area contributed by atoms with Crippen LogP contribution in [0.25, 0.3) is 11.4 Å². The van der Waals surface area contributed by atoms with Crippen molar-refractivity contribution in [2.45, 2.75) is 77.5 Å². The Bertz CT molecular complexity index is 824. The van der Waals surface area contributed by atoms with Crippen LogP contribution in [-0.2, 0) is 15.9 Å². The molecule has 0 spiro atoms. The van der Waals surface area contributed by atoms with Crippen molar-refractivity contribution in [1.82, 2.24) is 9.97 Å². The van der Waals surface area contributed by atoms with E-state index in [2.05, 4.69) is 21.6 Å². The lowest BCUT2D eigenvalue weighted by molar-refractivity contribution is -0.217. The van der Waals surface area contributed by atoms with Crippen molar-refractivity contribution in [3.63, 3.8) is 0 Å². The van der Waals surface area contributed by atoms with Crippen molar-refractivity contribution in [2.75, 3.05) is 13.2 Å². The van der Waals surface area contributed by atoms with Gasteiger partial charge in [-0.05, 0) is 24.8 Å². The fourth-order valence-electron chi connectivity index (χ4n) is 3.24. The van der Waals surface area contributed by atoms with Crippen LogP contribution < -0.4 is 0 Å². The lowest BCUT2D eigenvalue weighted by atomic mass is 10.0. The van der Waals surface area contributed by atoms with Crippen molar-refractivity contribution in [1.29, 1.82) is 0 Å². The number of hydrogen-bond acceptors (Lipinski definition) is 5. The molecule has 0 fully saturated rings. The lowest BCUT2D eigenvalue weighted by Gasteiger charge is -2.20. The zero-order valence-electron chi connectivity index (χ0n) is 19.4. The van der Waals surface area contributed by atoms with Gasteiger partial charge in [0.15, 0.2) is 5.82 Å². The van der Waals surface area contributed by atoms with Gasteiger partial charge in [0.1, 0.15) is 0 Å². The first-order valence-corrected chi connectivity index (χ1v) is 11.6. The molecule has 0 aliphatic carbocycles. The van der Waals surface area contributed by atoms with Gasteiger partial charge in [-0.2, -0.15) is 13.2 Å². The predicted molar refractivity (Wildman–Crippen MR) is 121 cm³/mol. The molecule has 0 radical (unpaired) electrons. The van der Waals surface area contributed by atoms with Crippen LogP contribution >= 0.6 is 0 Å². The van der Waals surface area contributed by atoms with Gasteiger partial charge >= 0.3 is 12.1 Å². The SMILES string of the molecule is CCCCCCCCc1ccc(-c2ncc(C(=O)OC(COCCC)C(F)(F)F)cn2)cc1. The number of ether oxygens (including phenoxy) is 2. The molecule has 1 atom stereocenters.